The second-order valence-corrected chi connectivity index (χ2v) is 4.22. The highest BCUT2D eigenvalue weighted by molar-refractivity contribution is 5.38. The quantitative estimate of drug-likeness (QED) is 0.751. The van der Waals surface area contributed by atoms with Gasteiger partial charge in [0, 0.05) is 6.54 Å². The van der Waals surface area contributed by atoms with Gasteiger partial charge in [-0.2, -0.15) is 0 Å². The predicted octanol–water partition coefficient (Wildman–Crippen LogP) is 2.46. The Hall–Kier alpha value is -1.02. The minimum atomic E-state index is 0.876. The molecule has 0 aromatic heterocycles. The number of hydrogen-bond acceptors (Lipinski definition) is 2. The average Bonchev–Trinajstić information content (AvgIpc) is 2.29. The zero-order chi connectivity index (χ0) is 10.7. The molecule has 2 rings (SSSR count). The topological polar surface area (TPSA) is 12.5 Å². The van der Waals surface area contributed by atoms with Crippen LogP contribution in [0.1, 0.15) is 24.5 Å². The first-order valence-corrected chi connectivity index (χ1v) is 5.72. The summed E-state index contributed by atoms with van der Waals surface area (Å²) in [5.74, 6) is 1.09. The van der Waals surface area contributed by atoms with Crippen molar-refractivity contribution in [3.05, 3.63) is 29.3 Å². The summed E-state index contributed by atoms with van der Waals surface area (Å²) in [6.45, 7) is 5.18. The summed E-state index contributed by atoms with van der Waals surface area (Å²) >= 11 is 0. The van der Waals surface area contributed by atoms with E-state index in [2.05, 4.69) is 37.1 Å². The SMILES string of the molecule is CCN(C)Cc1ccc2c(c1)CCCO2. The second kappa shape index (κ2) is 4.67. The van der Waals surface area contributed by atoms with Crippen LogP contribution in [-0.4, -0.2) is 25.1 Å². The van der Waals surface area contributed by atoms with Crippen LogP contribution < -0.4 is 4.74 Å². The van der Waals surface area contributed by atoms with E-state index < -0.39 is 0 Å². The third kappa shape index (κ3) is 2.51. The van der Waals surface area contributed by atoms with Gasteiger partial charge in [0.25, 0.3) is 0 Å². The average molecular weight is 205 g/mol. The van der Waals surface area contributed by atoms with Crippen molar-refractivity contribution in [3.63, 3.8) is 0 Å². The highest BCUT2D eigenvalue weighted by Crippen LogP contribution is 2.25. The molecule has 15 heavy (non-hydrogen) atoms. The summed E-state index contributed by atoms with van der Waals surface area (Å²) < 4.78 is 5.60. The molecule has 0 atom stereocenters. The number of rotatable bonds is 3. The van der Waals surface area contributed by atoms with Crippen LogP contribution in [0.15, 0.2) is 18.2 Å². The summed E-state index contributed by atoms with van der Waals surface area (Å²) in [6.07, 6.45) is 2.32. The van der Waals surface area contributed by atoms with Crippen LogP contribution in [0.2, 0.25) is 0 Å². The van der Waals surface area contributed by atoms with Crippen LogP contribution >= 0.6 is 0 Å². The molecule has 0 unspecified atom stereocenters. The molecule has 2 heteroatoms. The Morgan fingerprint density at radius 3 is 3.07 bits per heavy atom. The van der Waals surface area contributed by atoms with Gasteiger partial charge in [0.15, 0.2) is 0 Å². The second-order valence-electron chi connectivity index (χ2n) is 4.22. The van der Waals surface area contributed by atoms with E-state index in [-0.39, 0.29) is 0 Å². The van der Waals surface area contributed by atoms with Crippen LogP contribution in [0.4, 0.5) is 0 Å². The Balaban J connectivity index is 2.13. The van der Waals surface area contributed by atoms with Crippen molar-refractivity contribution in [2.45, 2.75) is 26.3 Å². The summed E-state index contributed by atoms with van der Waals surface area (Å²) in [7, 11) is 2.15. The molecule has 0 bridgehead atoms. The maximum Gasteiger partial charge on any atom is 0.122 e. The van der Waals surface area contributed by atoms with E-state index in [4.69, 9.17) is 4.74 Å². The third-order valence-corrected chi connectivity index (χ3v) is 2.97. The van der Waals surface area contributed by atoms with Gasteiger partial charge in [-0.15, -0.1) is 0 Å². The maximum atomic E-state index is 5.60. The van der Waals surface area contributed by atoms with E-state index >= 15 is 0 Å². The van der Waals surface area contributed by atoms with Gasteiger partial charge in [0.05, 0.1) is 6.61 Å². The van der Waals surface area contributed by atoms with Crippen molar-refractivity contribution >= 4 is 0 Å². The van der Waals surface area contributed by atoms with Gasteiger partial charge >= 0.3 is 0 Å². The molecule has 1 aromatic rings. The zero-order valence-corrected chi connectivity index (χ0v) is 9.62. The number of aryl methyl sites for hydroxylation is 1. The monoisotopic (exact) mass is 205 g/mol. The number of hydrogen-bond donors (Lipinski definition) is 0. The Kier molecular flexibility index (Phi) is 3.27. The molecule has 0 saturated heterocycles. The molecule has 0 aliphatic carbocycles. The molecule has 1 heterocycles. The summed E-state index contributed by atoms with van der Waals surface area (Å²) in [4.78, 5) is 2.31. The van der Waals surface area contributed by atoms with Gasteiger partial charge in [-0.1, -0.05) is 19.1 Å². The predicted molar refractivity (Wildman–Crippen MR) is 62.3 cm³/mol. The van der Waals surface area contributed by atoms with Gasteiger partial charge < -0.3 is 9.64 Å². The van der Waals surface area contributed by atoms with Crippen molar-refractivity contribution in [2.75, 3.05) is 20.2 Å². The molecule has 0 saturated carbocycles. The Morgan fingerprint density at radius 1 is 1.40 bits per heavy atom. The largest absolute Gasteiger partial charge is 0.493 e. The highest BCUT2D eigenvalue weighted by Gasteiger charge is 2.10. The van der Waals surface area contributed by atoms with Crippen LogP contribution in [-0.2, 0) is 13.0 Å². The first-order chi connectivity index (χ1) is 7.29. The Morgan fingerprint density at radius 2 is 2.27 bits per heavy atom. The molecule has 1 aliphatic heterocycles. The molecule has 2 nitrogen and oxygen atoms in total. The lowest BCUT2D eigenvalue weighted by Gasteiger charge is -2.19. The van der Waals surface area contributed by atoms with E-state index in [9.17, 15) is 0 Å². The van der Waals surface area contributed by atoms with Gasteiger partial charge in [0.1, 0.15) is 5.75 Å². The van der Waals surface area contributed by atoms with E-state index in [1.54, 1.807) is 0 Å². The van der Waals surface area contributed by atoms with Crippen LogP contribution in [0.5, 0.6) is 5.75 Å². The van der Waals surface area contributed by atoms with Crippen LogP contribution in [0.3, 0.4) is 0 Å². The van der Waals surface area contributed by atoms with Crippen LogP contribution in [0, 0.1) is 0 Å². The van der Waals surface area contributed by atoms with Crippen molar-refractivity contribution < 1.29 is 4.74 Å². The lowest BCUT2D eigenvalue weighted by molar-refractivity contribution is 0.287. The molecule has 0 N–H and O–H groups in total. The minimum Gasteiger partial charge on any atom is -0.493 e. The van der Waals surface area contributed by atoms with E-state index in [0.717, 1.165) is 31.9 Å². The van der Waals surface area contributed by atoms with Crippen molar-refractivity contribution in [3.8, 4) is 5.75 Å². The zero-order valence-electron chi connectivity index (χ0n) is 9.62. The van der Waals surface area contributed by atoms with Crippen molar-refractivity contribution in [1.29, 1.82) is 0 Å². The number of fused-ring (bicyclic) bond motifs is 1. The first-order valence-electron chi connectivity index (χ1n) is 5.72. The van der Waals surface area contributed by atoms with E-state index in [1.807, 2.05) is 0 Å². The number of ether oxygens (including phenoxy) is 1. The van der Waals surface area contributed by atoms with Crippen molar-refractivity contribution in [1.82, 2.24) is 4.90 Å². The lowest BCUT2D eigenvalue weighted by Crippen LogP contribution is -2.17. The molecule has 1 aliphatic rings. The first kappa shape index (κ1) is 10.5. The molecule has 82 valence electrons. The maximum absolute atomic E-state index is 5.60. The standard InChI is InChI=1S/C13H19NO/c1-3-14(2)10-11-6-7-13-12(9-11)5-4-8-15-13/h6-7,9H,3-5,8,10H2,1-2H3. The van der Waals surface area contributed by atoms with E-state index in [1.165, 1.54) is 17.5 Å². The fourth-order valence-corrected chi connectivity index (χ4v) is 1.94. The Labute approximate surface area is 91.9 Å². The van der Waals surface area contributed by atoms with Gasteiger partial charge in [-0.25, -0.2) is 0 Å². The fourth-order valence-electron chi connectivity index (χ4n) is 1.94. The van der Waals surface area contributed by atoms with Crippen LogP contribution in [0.25, 0.3) is 0 Å². The van der Waals surface area contributed by atoms with Gasteiger partial charge in [0.2, 0.25) is 0 Å². The molecule has 0 amide bonds. The molecule has 0 fully saturated rings. The highest BCUT2D eigenvalue weighted by atomic mass is 16.5. The number of nitrogens with zero attached hydrogens (tertiary/aromatic N) is 1. The smallest absolute Gasteiger partial charge is 0.122 e. The fraction of sp³-hybridized carbons (Fsp3) is 0.538. The third-order valence-electron chi connectivity index (χ3n) is 2.97. The summed E-state index contributed by atoms with van der Waals surface area (Å²) in [6, 6.07) is 6.59. The Bertz CT molecular complexity index is 335. The summed E-state index contributed by atoms with van der Waals surface area (Å²) in [5.41, 5.74) is 2.77. The molecule has 1 aromatic carbocycles. The van der Waals surface area contributed by atoms with E-state index in [0.29, 0.717) is 0 Å². The molecule has 0 spiro atoms. The lowest BCUT2D eigenvalue weighted by atomic mass is 10.0. The van der Waals surface area contributed by atoms with Gasteiger partial charge in [-0.3, -0.25) is 0 Å². The minimum absolute atomic E-state index is 0.876. The molecular weight excluding hydrogens is 186 g/mol. The molecule has 0 radical (unpaired) electrons. The molecular formula is C13H19NO. The van der Waals surface area contributed by atoms with Crippen molar-refractivity contribution in [2.24, 2.45) is 0 Å². The normalized spacial score (nSPS) is 14.9. The summed E-state index contributed by atoms with van der Waals surface area (Å²) in [5, 5.41) is 0. The number of benzene rings is 1. The van der Waals surface area contributed by atoms with Gasteiger partial charge in [-0.05, 0) is 43.6 Å².